The number of amides is 1. The van der Waals surface area contributed by atoms with Crippen molar-refractivity contribution in [2.45, 2.75) is 13.5 Å². The molecule has 3 aromatic rings. The van der Waals surface area contributed by atoms with Gasteiger partial charge in [-0.2, -0.15) is 0 Å². The lowest BCUT2D eigenvalue weighted by Crippen LogP contribution is -2.26. The van der Waals surface area contributed by atoms with Crippen LogP contribution in [0.3, 0.4) is 0 Å². The van der Waals surface area contributed by atoms with Gasteiger partial charge in [0.25, 0.3) is 5.91 Å². The summed E-state index contributed by atoms with van der Waals surface area (Å²) in [6.07, 6.45) is 0. The van der Waals surface area contributed by atoms with E-state index in [0.717, 1.165) is 11.1 Å². The van der Waals surface area contributed by atoms with E-state index in [4.69, 9.17) is 0 Å². The Kier molecular flexibility index (Phi) is 3.67. The summed E-state index contributed by atoms with van der Waals surface area (Å²) in [7, 11) is 1.75. The second kappa shape index (κ2) is 5.64. The maximum Gasteiger partial charge on any atom is 0.270 e. The molecule has 0 spiro atoms. The predicted molar refractivity (Wildman–Crippen MR) is 85.2 cm³/mol. The van der Waals surface area contributed by atoms with E-state index in [0.29, 0.717) is 23.1 Å². The molecule has 3 rings (SSSR count). The van der Waals surface area contributed by atoms with Gasteiger partial charge in [-0.05, 0) is 36.2 Å². The van der Waals surface area contributed by atoms with Crippen LogP contribution in [0.1, 0.15) is 21.6 Å². The van der Waals surface area contributed by atoms with E-state index < -0.39 is 0 Å². The number of nitrogens with one attached hydrogen (secondary N) is 1. The van der Waals surface area contributed by atoms with Crippen LogP contribution in [0.4, 0.5) is 4.39 Å². The third-order valence-corrected chi connectivity index (χ3v) is 3.86. The summed E-state index contributed by atoms with van der Waals surface area (Å²) in [5, 5.41) is 0.440. The average molecular weight is 296 g/mol. The van der Waals surface area contributed by atoms with E-state index in [1.165, 1.54) is 6.07 Å². The lowest BCUT2D eigenvalue weighted by molar-refractivity contribution is 0.0780. The fraction of sp³-hybridized carbons (Fsp3) is 0.167. The number of hydrogen-bond acceptors (Lipinski definition) is 1. The smallest absolute Gasteiger partial charge is 0.270 e. The van der Waals surface area contributed by atoms with Gasteiger partial charge in [-0.15, -0.1) is 0 Å². The number of carbonyl (C=O) groups excluding carboxylic acids is 1. The number of hydrogen-bond donors (Lipinski definition) is 1. The van der Waals surface area contributed by atoms with Gasteiger partial charge in [0.15, 0.2) is 0 Å². The molecule has 0 saturated heterocycles. The maximum absolute atomic E-state index is 13.7. The van der Waals surface area contributed by atoms with Gasteiger partial charge in [0, 0.05) is 24.5 Å². The Bertz CT molecular complexity index is 838. The summed E-state index contributed by atoms with van der Waals surface area (Å²) in [4.78, 5) is 17.1. The standard InChI is InChI=1S/C18H17FN2O/c1-12-6-3-4-7-13(12)11-21(2)18(22)17-10-14-15(19)8-5-9-16(14)20-17/h3-10,20H,11H2,1-2H3. The zero-order valence-electron chi connectivity index (χ0n) is 12.6. The number of aryl methyl sites for hydroxylation is 1. The van der Waals surface area contributed by atoms with Crippen LogP contribution >= 0.6 is 0 Å². The number of fused-ring (bicyclic) bond motifs is 1. The van der Waals surface area contributed by atoms with E-state index >= 15 is 0 Å². The molecule has 0 radical (unpaired) electrons. The number of H-pyrrole nitrogens is 1. The molecule has 0 bridgehead atoms. The lowest BCUT2D eigenvalue weighted by atomic mass is 10.1. The van der Waals surface area contributed by atoms with Crippen LogP contribution in [0, 0.1) is 12.7 Å². The van der Waals surface area contributed by atoms with E-state index in [1.807, 2.05) is 31.2 Å². The van der Waals surface area contributed by atoms with Crippen LogP contribution < -0.4 is 0 Å². The van der Waals surface area contributed by atoms with Crippen LogP contribution in [0.25, 0.3) is 10.9 Å². The molecule has 1 amide bonds. The molecule has 1 N–H and O–H groups in total. The van der Waals surface area contributed by atoms with Crippen LogP contribution in [0.5, 0.6) is 0 Å². The molecule has 0 aliphatic heterocycles. The Balaban J connectivity index is 1.86. The van der Waals surface area contributed by atoms with Crippen molar-refractivity contribution in [3.05, 3.63) is 71.2 Å². The predicted octanol–water partition coefficient (Wildman–Crippen LogP) is 3.89. The molecule has 0 unspecified atom stereocenters. The zero-order chi connectivity index (χ0) is 15.7. The summed E-state index contributed by atoms with van der Waals surface area (Å²) in [5.41, 5.74) is 3.27. The van der Waals surface area contributed by atoms with Crippen molar-refractivity contribution in [2.24, 2.45) is 0 Å². The van der Waals surface area contributed by atoms with Crippen molar-refractivity contribution >= 4 is 16.8 Å². The van der Waals surface area contributed by atoms with Crippen molar-refractivity contribution in [3.8, 4) is 0 Å². The first-order valence-corrected chi connectivity index (χ1v) is 7.13. The van der Waals surface area contributed by atoms with Crippen LogP contribution in [-0.4, -0.2) is 22.8 Å². The maximum atomic E-state index is 13.7. The van der Waals surface area contributed by atoms with Crippen molar-refractivity contribution in [1.82, 2.24) is 9.88 Å². The molecule has 0 fully saturated rings. The minimum absolute atomic E-state index is 0.154. The molecule has 1 heterocycles. The Morgan fingerprint density at radius 2 is 1.95 bits per heavy atom. The number of carbonyl (C=O) groups is 1. The molecular formula is C18H17FN2O. The van der Waals surface area contributed by atoms with Gasteiger partial charge in [0.2, 0.25) is 0 Å². The fourth-order valence-electron chi connectivity index (χ4n) is 2.55. The largest absolute Gasteiger partial charge is 0.350 e. The van der Waals surface area contributed by atoms with Crippen molar-refractivity contribution in [3.63, 3.8) is 0 Å². The molecule has 0 aliphatic carbocycles. The van der Waals surface area contributed by atoms with Crippen molar-refractivity contribution in [1.29, 1.82) is 0 Å². The minimum atomic E-state index is -0.325. The van der Waals surface area contributed by atoms with Crippen LogP contribution in [-0.2, 0) is 6.54 Å². The number of aromatic amines is 1. The van der Waals surface area contributed by atoms with E-state index in [2.05, 4.69) is 4.98 Å². The highest BCUT2D eigenvalue weighted by Crippen LogP contribution is 2.20. The number of rotatable bonds is 3. The fourth-order valence-corrected chi connectivity index (χ4v) is 2.55. The third-order valence-electron chi connectivity index (χ3n) is 3.86. The minimum Gasteiger partial charge on any atom is -0.350 e. The van der Waals surface area contributed by atoms with Gasteiger partial charge in [-0.3, -0.25) is 4.79 Å². The molecule has 0 atom stereocenters. The molecule has 1 aromatic heterocycles. The van der Waals surface area contributed by atoms with Crippen molar-refractivity contribution in [2.75, 3.05) is 7.05 Å². The normalized spacial score (nSPS) is 10.9. The second-order valence-corrected chi connectivity index (χ2v) is 5.47. The SMILES string of the molecule is Cc1ccccc1CN(C)C(=O)c1cc2c(F)cccc2[nH]1. The third kappa shape index (κ3) is 2.60. The molecule has 112 valence electrons. The first-order valence-electron chi connectivity index (χ1n) is 7.13. The number of aromatic nitrogens is 1. The Morgan fingerprint density at radius 3 is 2.68 bits per heavy atom. The monoisotopic (exact) mass is 296 g/mol. The highest BCUT2D eigenvalue weighted by molar-refractivity contribution is 5.98. The van der Waals surface area contributed by atoms with Gasteiger partial charge in [0.1, 0.15) is 11.5 Å². The summed E-state index contributed by atoms with van der Waals surface area (Å²) in [6, 6.07) is 14.3. The summed E-state index contributed by atoms with van der Waals surface area (Å²) in [5.74, 6) is -0.479. The number of nitrogens with zero attached hydrogens (tertiary/aromatic N) is 1. The quantitative estimate of drug-likeness (QED) is 0.782. The van der Waals surface area contributed by atoms with Gasteiger partial charge >= 0.3 is 0 Å². The Labute approximate surface area is 128 Å². The zero-order valence-corrected chi connectivity index (χ0v) is 12.6. The van der Waals surface area contributed by atoms with Crippen LogP contribution in [0.15, 0.2) is 48.5 Å². The van der Waals surface area contributed by atoms with Gasteiger partial charge in [0.05, 0.1) is 0 Å². The first kappa shape index (κ1) is 14.3. The Morgan fingerprint density at radius 1 is 1.18 bits per heavy atom. The molecule has 0 aliphatic rings. The van der Waals surface area contributed by atoms with Gasteiger partial charge in [-0.1, -0.05) is 30.3 Å². The lowest BCUT2D eigenvalue weighted by Gasteiger charge is -2.17. The molecule has 3 nitrogen and oxygen atoms in total. The van der Waals surface area contributed by atoms with E-state index in [9.17, 15) is 9.18 Å². The Hall–Kier alpha value is -2.62. The summed E-state index contributed by atoms with van der Waals surface area (Å²) >= 11 is 0. The van der Waals surface area contributed by atoms with Crippen molar-refractivity contribution < 1.29 is 9.18 Å². The first-order chi connectivity index (χ1) is 10.6. The molecule has 22 heavy (non-hydrogen) atoms. The molecular weight excluding hydrogens is 279 g/mol. The molecule has 0 saturated carbocycles. The summed E-state index contributed by atoms with van der Waals surface area (Å²) < 4.78 is 13.7. The highest BCUT2D eigenvalue weighted by Gasteiger charge is 2.16. The molecule has 2 aromatic carbocycles. The number of benzene rings is 2. The average Bonchev–Trinajstić information content (AvgIpc) is 2.94. The summed E-state index contributed by atoms with van der Waals surface area (Å²) in [6.45, 7) is 2.54. The van der Waals surface area contributed by atoms with Gasteiger partial charge < -0.3 is 9.88 Å². The number of halogens is 1. The highest BCUT2D eigenvalue weighted by atomic mass is 19.1. The molecule has 4 heteroatoms. The van der Waals surface area contributed by atoms with Gasteiger partial charge in [-0.25, -0.2) is 4.39 Å². The second-order valence-electron chi connectivity index (χ2n) is 5.47. The van der Waals surface area contributed by atoms with E-state index in [1.54, 1.807) is 30.1 Å². The topological polar surface area (TPSA) is 36.1 Å². The van der Waals surface area contributed by atoms with E-state index in [-0.39, 0.29) is 11.7 Å². The van der Waals surface area contributed by atoms with Crippen LogP contribution in [0.2, 0.25) is 0 Å².